The van der Waals surface area contributed by atoms with Crippen LogP contribution in [0.2, 0.25) is 0 Å². The van der Waals surface area contributed by atoms with Crippen molar-refractivity contribution in [3.63, 3.8) is 0 Å². The Morgan fingerprint density at radius 1 is 1.12 bits per heavy atom. The molecular weight excluding hydrogens is 302 g/mol. The molecule has 0 saturated carbocycles. The van der Waals surface area contributed by atoms with E-state index in [-0.39, 0.29) is 6.10 Å². The Labute approximate surface area is 141 Å². The van der Waals surface area contributed by atoms with Gasteiger partial charge in [0.05, 0.1) is 6.10 Å². The lowest BCUT2D eigenvalue weighted by atomic mass is 10.1. The molecule has 3 rings (SSSR count). The topological polar surface area (TPSA) is 48.7 Å². The van der Waals surface area contributed by atoms with Gasteiger partial charge in [-0.2, -0.15) is 0 Å². The number of hydrogen-bond acceptors (Lipinski definition) is 4. The molecule has 5 heteroatoms. The molecule has 0 aliphatic carbocycles. The molecular formula is C19H19N3O2. The fourth-order valence-electron chi connectivity index (χ4n) is 2.32. The highest BCUT2D eigenvalue weighted by Crippen LogP contribution is 2.24. The zero-order valence-corrected chi connectivity index (χ0v) is 14.0. The predicted molar refractivity (Wildman–Crippen MR) is 92.9 cm³/mol. The van der Waals surface area contributed by atoms with Crippen LogP contribution in [0.5, 0.6) is 5.88 Å². The minimum Gasteiger partial charge on any atom is -0.474 e. The van der Waals surface area contributed by atoms with Crippen molar-refractivity contribution in [2.24, 2.45) is 0 Å². The average Bonchev–Trinajstić information content (AvgIpc) is 2.94. The van der Waals surface area contributed by atoms with Crippen LogP contribution in [0.25, 0.3) is 16.9 Å². The molecule has 0 fully saturated rings. The molecule has 0 N–H and O–H groups in total. The molecule has 1 aromatic carbocycles. The van der Waals surface area contributed by atoms with Crippen molar-refractivity contribution in [1.29, 1.82) is 0 Å². The minimum absolute atomic E-state index is 0.0510. The van der Waals surface area contributed by atoms with E-state index in [1.807, 2.05) is 56.3 Å². The summed E-state index contributed by atoms with van der Waals surface area (Å²) < 4.78 is 12.4. The van der Waals surface area contributed by atoms with Crippen molar-refractivity contribution >= 4 is 5.65 Å². The van der Waals surface area contributed by atoms with Crippen molar-refractivity contribution in [2.75, 3.05) is 13.7 Å². The van der Waals surface area contributed by atoms with Gasteiger partial charge in [0.15, 0.2) is 5.65 Å². The maximum Gasteiger partial charge on any atom is 0.232 e. The number of hydrogen-bond donors (Lipinski definition) is 0. The molecule has 2 aromatic heterocycles. The van der Waals surface area contributed by atoms with Crippen molar-refractivity contribution in [1.82, 2.24) is 14.6 Å². The summed E-state index contributed by atoms with van der Waals surface area (Å²) in [6.45, 7) is 4.28. The first kappa shape index (κ1) is 16.0. The van der Waals surface area contributed by atoms with Gasteiger partial charge in [-0.25, -0.2) is 9.50 Å². The van der Waals surface area contributed by atoms with Gasteiger partial charge in [0.25, 0.3) is 0 Å². The van der Waals surface area contributed by atoms with E-state index >= 15 is 0 Å². The lowest BCUT2D eigenvalue weighted by Gasteiger charge is -2.08. The molecule has 0 aliphatic rings. The van der Waals surface area contributed by atoms with Gasteiger partial charge in [0, 0.05) is 18.7 Å². The van der Waals surface area contributed by atoms with Crippen LogP contribution >= 0.6 is 0 Å². The largest absolute Gasteiger partial charge is 0.474 e. The normalized spacial score (nSPS) is 10.7. The molecule has 0 unspecified atom stereocenters. The molecule has 0 saturated heterocycles. The van der Waals surface area contributed by atoms with Crippen LogP contribution in [0, 0.1) is 11.8 Å². The van der Waals surface area contributed by atoms with E-state index in [2.05, 4.69) is 21.9 Å². The fraction of sp³-hybridized carbons (Fsp3) is 0.263. The van der Waals surface area contributed by atoms with E-state index in [4.69, 9.17) is 9.47 Å². The van der Waals surface area contributed by atoms with Gasteiger partial charge in [-0.1, -0.05) is 36.3 Å². The van der Waals surface area contributed by atoms with Gasteiger partial charge >= 0.3 is 0 Å². The fourth-order valence-corrected chi connectivity index (χ4v) is 2.32. The second-order valence-corrected chi connectivity index (χ2v) is 5.52. The molecule has 0 atom stereocenters. The summed E-state index contributed by atoms with van der Waals surface area (Å²) in [7, 11) is 1.62. The highest BCUT2D eigenvalue weighted by Gasteiger charge is 2.14. The van der Waals surface area contributed by atoms with Crippen LogP contribution in [0.3, 0.4) is 0 Å². The van der Waals surface area contributed by atoms with Crippen molar-refractivity contribution in [3.05, 3.63) is 48.2 Å². The van der Waals surface area contributed by atoms with Crippen LogP contribution in [0.4, 0.5) is 0 Å². The molecule has 122 valence electrons. The maximum atomic E-state index is 5.69. The van der Waals surface area contributed by atoms with Crippen LogP contribution in [-0.4, -0.2) is 34.4 Å². The van der Waals surface area contributed by atoms with Gasteiger partial charge in [-0.15, -0.1) is 5.10 Å². The first-order valence-corrected chi connectivity index (χ1v) is 7.78. The van der Waals surface area contributed by atoms with E-state index in [1.54, 1.807) is 11.6 Å². The summed E-state index contributed by atoms with van der Waals surface area (Å²) in [5.74, 6) is 6.66. The third-order valence-electron chi connectivity index (χ3n) is 3.28. The number of imidazole rings is 1. The zero-order valence-electron chi connectivity index (χ0n) is 14.0. The van der Waals surface area contributed by atoms with E-state index < -0.39 is 0 Å². The van der Waals surface area contributed by atoms with Crippen LogP contribution in [0.15, 0.2) is 42.5 Å². The zero-order chi connectivity index (χ0) is 16.9. The van der Waals surface area contributed by atoms with Gasteiger partial charge < -0.3 is 9.47 Å². The van der Waals surface area contributed by atoms with E-state index in [1.165, 1.54) is 0 Å². The SMILES string of the molecule is COCC#Cc1c(-c2ccccc2)nc2ccc(OC(C)C)nn12. The van der Waals surface area contributed by atoms with Gasteiger partial charge in [0.1, 0.15) is 18.0 Å². The number of ether oxygens (including phenoxy) is 2. The molecule has 2 heterocycles. The van der Waals surface area contributed by atoms with Crippen molar-refractivity contribution in [2.45, 2.75) is 20.0 Å². The number of methoxy groups -OCH3 is 1. The summed E-state index contributed by atoms with van der Waals surface area (Å²) in [6, 6.07) is 13.7. The first-order valence-electron chi connectivity index (χ1n) is 7.78. The summed E-state index contributed by atoms with van der Waals surface area (Å²) in [5, 5.41) is 4.53. The Morgan fingerprint density at radius 2 is 1.92 bits per heavy atom. The lowest BCUT2D eigenvalue weighted by molar-refractivity contribution is 0.229. The van der Waals surface area contributed by atoms with E-state index in [0.717, 1.165) is 22.6 Å². The van der Waals surface area contributed by atoms with Crippen molar-refractivity contribution < 1.29 is 9.47 Å². The Kier molecular flexibility index (Phi) is 4.78. The van der Waals surface area contributed by atoms with Crippen LogP contribution in [-0.2, 0) is 4.74 Å². The van der Waals surface area contributed by atoms with Gasteiger partial charge in [-0.3, -0.25) is 0 Å². The third-order valence-corrected chi connectivity index (χ3v) is 3.28. The van der Waals surface area contributed by atoms with Crippen LogP contribution < -0.4 is 4.74 Å². The summed E-state index contributed by atoms with van der Waals surface area (Å²) in [6.07, 6.45) is 0.0510. The number of nitrogens with zero attached hydrogens (tertiary/aromatic N) is 3. The van der Waals surface area contributed by atoms with E-state index in [0.29, 0.717) is 12.5 Å². The summed E-state index contributed by atoms with van der Waals surface area (Å²) in [4.78, 5) is 4.68. The molecule has 0 radical (unpaired) electrons. The average molecular weight is 321 g/mol. The second-order valence-electron chi connectivity index (χ2n) is 5.52. The predicted octanol–water partition coefficient (Wildman–Crippen LogP) is 3.18. The number of rotatable bonds is 4. The number of aromatic nitrogens is 3. The Morgan fingerprint density at radius 3 is 2.62 bits per heavy atom. The lowest BCUT2D eigenvalue weighted by Crippen LogP contribution is -2.08. The molecule has 24 heavy (non-hydrogen) atoms. The quantitative estimate of drug-likeness (QED) is 0.693. The third kappa shape index (κ3) is 3.39. The summed E-state index contributed by atoms with van der Waals surface area (Å²) in [5.41, 5.74) is 3.25. The standard InChI is InChI=1S/C19H19N3O2/c1-14(2)24-18-12-11-17-20-19(15-8-5-4-6-9-15)16(22(17)21-18)10-7-13-23-3/h4-6,8-9,11-12,14H,13H2,1-3H3. The maximum absolute atomic E-state index is 5.69. The van der Waals surface area contributed by atoms with Crippen molar-refractivity contribution in [3.8, 4) is 29.0 Å². The monoisotopic (exact) mass is 321 g/mol. The molecule has 5 nitrogen and oxygen atoms in total. The highest BCUT2D eigenvalue weighted by molar-refractivity contribution is 5.69. The second kappa shape index (κ2) is 7.16. The summed E-state index contributed by atoms with van der Waals surface area (Å²) >= 11 is 0. The molecule has 3 aromatic rings. The first-order chi connectivity index (χ1) is 11.7. The van der Waals surface area contributed by atoms with Gasteiger partial charge in [-0.05, 0) is 25.8 Å². The number of benzene rings is 1. The molecule has 0 bridgehead atoms. The highest BCUT2D eigenvalue weighted by atomic mass is 16.5. The smallest absolute Gasteiger partial charge is 0.232 e. The van der Waals surface area contributed by atoms with E-state index in [9.17, 15) is 0 Å². The Bertz CT molecular complexity index is 889. The van der Waals surface area contributed by atoms with Gasteiger partial charge in [0.2, 0.25) is 5.88 Å². The van der Waals surface area contributed by atoms with Crippen LogP contribution in [0.1, 0.15) is 19.5 Å². The molecule has 0 amide bonds. The molecule has 0 aliphatic heterocycles. The number of fused-ring (bicyclic) bond motifs is 1. The Balaban J connectivity index is 2.16. The minimum atomic E-state index is 0.0510. The molecule has 0 spiro atoms. The Hall–Kier alpha value is -2.84.